The monoisotopic (exact) mass is 385 g/mol. The summed E-state index contributed by atoms with van der Waals surface area (Å²) in [6.45, 7) is 7.91. The molecule has 152 valence electrons. The standard InChI is InChI=1S/C22H31N3O3/c1-17-20(23-13-15-28-16-14-23)9-12-25(17)22(27)19-7-10-24(11-8-19)21(26)18-5-3-2-4-6-18/h2-6,17,19-20H,7-16H2,1H3/t17-,20-/m1/s1. The van der Waals surface area contributed by atoms with Crippen LogP contribution in [-0.4, -0.2) is 84.5 Å². The van der Waals surface area contributed by atoms with Crippen molar-refractivity contribution in [2.24, 2.45) is 5.92 Å². The number of amides is 2. The van der Waals surface area contributed by atoms with Crippen LogP contribution < -0.4 is 0 Å². The zero-order valence-electron chi connectivity index (χ0n) is 16.8. The molecular weight excluding hydrogens is 354 g/mol. The fraction of sp³-hybridized carbons (Fsp3) is 0.636. The SMILES string of the molecule is C[C@@H]1[C@H](N2CCOCC2)CCN1C(=O)C1CCN(C(=O)c2ccccc2)CC1. The Bertz CT molecular complexity index is 682. The van der Waals surface area contributed by atoms with Crippen molar-refractivity contribution >= 4 is 11.8 Å². The molecule has 6 nitrogen and oxygen atoms in total. The highest BCUT2D eigenvalue weighted by molar-refractivity contribution is 5.94. The minimum absolute atomic E-state index is 0.0470. The van der Waals surface area contributed by atoms with Crippen molar-refractivity contribution in [3.05, 3.63) is 35.9 Å². The maximum Gasteiger partial charge on any atom is 0.253 e. The molecule has 1 aromatic rings. The number of rotatable bonds is 3. The number of carbonyl (C=O) groups excluding carboxylic acids is 2. The van der Waals surface area contributed by atoms with Gasteiger partial charge in [-0.15, -0.1) is 0 Å². The third-order valence-corrected chi connectivity index (χ3v) is 6.66. The van der Waals surface area contributed by atoms with Crippen LogP contribution >= 0.6 is 0 Å². The quantitative estimate of drug-likeness (QED) is 0.797. The van der Waals surface area contributed by atoms with E-state index in [2.05, 4.69) is 16.7 Å². The molecule has 3 heterocycles. The van der Waals surface area contributed by atoms with Crippen LogP contribution in [0.2, 0.25) is 0 Å². The number of morpholine rings is 1. The van der Waals surface area contributed by atoms with Crippen LogP contribution in [0, 0.1) is 5.92 Å². The fourth-order valence-electron chi connectivity index (χ4n) is 4.96. The maximum atomic E-state index is 13.2. The minimum atomic E-state index is 0.0470. The molecule has 6 heteroatoms. The van der Waals surface area contributed by atoms with Crippen LogP contribution in [0.1, 0.15) is 36.5 Å². The van der Waals surface area contributed by atoms with Gasteiger partial charge in [0, 0.05) is 56.3 Å². The van der Waals surface area contributed by atoms with Gasteiger partial charge >= 0.3 is 0 Å². The lowest BCUT2D eigenvalue weighted by Gasteiger charge is -2.37. The van der Waals surface area contributed by atoms with Crippen LogP contribution in [0.5, 0.6) is 0 Å². The average Bonchev–Trinajstić information content (AvgIpc) is 3.15. The van der Waals surface area contributed by atoms with Gasteiger partial charge in [0.15, 0.2) is 0 Å². The summed E-state index contributed by atoms with van der Waals surface area (Å²) in [5.74, 6) is 0.411. The lowest BCUT2D eigenvalue weighted by molar-refractivity contribution is -0.138. The van der Waals surface area contributed by atoms with E-state index in [1.54, 1.807) is 0 Å². The smallest absolute Gasteiger partial charge is 0.253 e. The molecule has 3 aliphatic rings. The van der Waals surface area contributed by atoms with Crippen molar-refractivity contribution in [3.63, 3.8) is 0 Å². The highest BCUT2D eigenvalue weighted by Gasteiger charge is 2.40. The highest BCUT2D eigenvalue weighted by Crippen LogP contribution is 2.28. The van der Waals surface area contributed by atoms with Crippen molar-refractivity contribution < 1.29 is 14.3 Å². The van der Waals surface area contributed by atoms with Crippen molar-refractivity contribution in [2.45, 2.75) is 38.3 Å². The Balaban J connectivity index is 1.31. The minimum Gasteiger partial charge on any atom is -0.379 e. The highest BCUT2D eigenvalue weighted by atomic mass is 16.5. The summed E-state index contributed by atoms with van der Waals surface area (Å²) in [7, 11) is 0. The first-order valence-electron chi connectivity index (χ1n) is 10.6. The normalized spacial score (nSPS) is 27.2. The number of benzene rings is 1. The number of hydrogen-bond acceptors (Lipinski definition) is 4. The second-order valence-electron chi connectivity index (χ2n) is 8.21. The van der Waals surface area contributed by atoms with E-state index < -0.39 is 0 Å². The summed E-state index contributed by atoms with van der Waals surface area (Å²) < 4.78 is 5.47. The molecule has 0 spiro atoms. The fourth-order valence-corrected chi connectivity index (χ4v) is 4.96. The third-order valence-electron chi connectivity index (χ3n) is 6.66. The first-order valence-corrected chi connectivity index (χ1v) is 10.6. The molecule has 1 aromatic carbocycles. The molecule has 0 N–H and O–H groups in total. The molecule has 0 aliphatic carbocycles. The lowest BCUT2D eigenvalue weighted by atomic mass is 9.94. The van der Waals surface area contributed by atoms with E-state index >= 15 is 0 Å². The van der Waals surface area contributed by atoms with Crippen LogP contribution in [0.4, 0.5) is 0 Å². The van der Waals surface area contributed by atoms with Gasteiger partial charge in [-0.3, -0.25) is 14.5 Å². The van der Waals surface area contributed by atoms with E-state index in [9.17, 15) is 9.59 Å². The van der Waals surface area contributed by atoms with E-state index in [4.69, 9.17) is 4.74 Å². The molecule has 0 unspecified atom stereocenters. The van der Waals surface area contributed by atoms with Gasteiger partial charge in [0.2, 0.25) is 5.91 Å². The van der Waals surface area contributed by atoms with Crippen LogP contribution in [0.3, 0.4) is 0 Å². The van der Waals surface area contributed by atoms with E-state index in [0.29, 0.717) is 19.1 Å². The molecular formula is C22H31N3O3. The number of likely N-dealkylation sites (tertiary alicyclic amines) is 2. The first kappa shape index (κ1) is 19.4. The number of nitrogens with zero attached hydrogens (tertiary/aromatic N) is 3. The largest absolute Gasteiger partial charge is 0.379 e. The molecule has 2 amide bonds. The third kappa shape index (κ3) is 3.94. The number of ether oxygens (including phenoxy) is 1. The predicted molar refractivity (Wildman–Crippen MR) is 107 cm³/mol. The van der Waals surface area contributed by atoms with E-state index in [0.717, 1.165) is 57.7 Å². The van der Waals surface area contributed by atoms with Crippen LogP contribution in [-0.2, 0) is 9.53 Å². The second-order valence-corrected chi connectivity index (χ2v) is 8.21. The number of hydrogen-bond donors (Lipinski definition) is 0. The van der Waals surface area contributed by atoms with Crippen molar-refractivity contribution in [1.82, 2.24) is 14.7 Å². The van der Waals surface area contributed by atoms with Crippen LogP contribution in [0.25, 0.3) is 0 Å². The Hall–Kier alpha value is -1.92. The van der Waals surface area contributed by atoms with Crippen molar-refractivity contribution in [3.8, 4) is 0 Å². The Morgan fingerprint density at radius 1 is 0.929 bits per heavy atom. The average molecular weight is 386 g/mol. The van der Waals surface area contributed by atoms with E-state index in [1.807, 2.05) is 35.2 Å². The topological polar surface area (TPSA) is 53.1 Å². The lowest BCUT2D eigenvalue weighted by Crippen LogP contribution is -2.51. The Morgan fingerprint density at radius 3 is 2.29 bits per heavy atom. The van der Waals surface area contributed by atoms with Crippen LogP contribution in [0.15, 0.2) is 30.3 Å². The van der Waals surface area contributed by atoms with E-state index in [1.165, 1.54) is 0 Å². The van der Waals surface area contributed by atoms with E-state index in [-0.39, 0.29) is 23.8 Å². The van der Waals surface area contributed by atoms with Gasteiger partial charge in [-0.05, 0) is 38.3 Å². The Kier molecular flexibility index (Phi) is 5.97. The molecule has 2 atom stereocenters. The summed E-state index contributed by atoms with van der Waals surface area (Å²) >= 11 is 0. The molecule has 3 aliphatic heterocycles. The van der Waals surface area contributed by atoms with Crippen molar-refractivity contribution in [2.75, 3.05) is 45.9 Å². The van der Waals surface area contributed by atoms with Gasteiger partial charge in [-0.2, -0.15) is 0 Å². The predicted octanol–water partition coefficient (Wildman–Crippen LogP) is 1.86. The van der Waals surface area contributed by atoms with Gasteiger partial charge in [0.25, 0.3) is 5.91 Å². The van der Waals surface area contributed by atoms with Gasteiger partial charge in [0.05, 0.1) is 13.2 Å². The van der Waals surface area contributed by atoms with Gasteiger partial charge in [-0.1, -0.05) is 18.2 Å². The summed E-state index contributed by atoms with van der Waals surface area (Å²) in [5.41, 5.74) is 0.730. The Labute approximate surface area is 167 Å². The summed E-state index contributed by atoms with van der Waals surface area (Å²) in [4.78, 5) is 32.3. The molecule has 0 bridgehead atoms. The zero-order valence-corrected chi connectivity index (χ0v) is 16.8. The second kappa shape index (κ2) is 8.62. The summed E-state index contributed by atoms with van der Waals surface area (Å²) in [5, 5.41) is 0. The maximum absolute atomic E-state index is 13.2. The molecule has 4 rings (SSSR count). The molecule has 0 radical (unpaired) electrons. The zero-order chi connectivity index (χ0) is 19.5. The Morgan fingerprint density at radius 2 is 1.61 bits per heavy atom. The van der Waals surface area contributed by atoms with Gasteiger partial charge in [-0.25, -0.2) is 0 Å². The summed E-state index contributed by atoms with van der Waals surface area (Å²) in [6.07, 6.45) is 2.59. The summed E-state index contributed by atoms with van der Waals surface area (Å²) in [6, 6.07) is 10.1. The number of carbonyl (C=O) groups is 2. The molecule has 3 saturated heterocycles. The van der Waals surface area contributed by atoms with Gasteiger partial charge < -0.3 is 14.5 Å². The first-order chi connectivity index (χ1) is 13.6. The van der Waals surface area contributed by atoms with Crippen molar-refractivity contribution in [1.29, 1.82) is 0 Å². The molecule has 28 heavy (non-hydrogen) atoms. The molecule has 0 aromatic heterocycles. The molecule has 3 fully saturated rings. The molecule has 0 saturated carbocycles. The van der Waals surface area contributed by atoms with Gasteiger partial charge in [0.1, 0.15) is 0 Å². The number of piperidine rings is 1.